The van der Waals surface area contributed by atoms with E-state index >= 15 is 0 Å². The molecule has 0 unspecified atom stereocenters. The van der Waals surface area contributed by atoms with Crippen LogP contribution in [0.15, 0.2) is 36.4 Å². The zero-order valence-corrected chi connectivity index (χ0v) is 9.57. The van der Waals surface area contributed by atoms with Gasteiger partial charge < -0.3 is 5.11 Å². The third kappa shape index (κ3) is 3.52. The third-order valence-corrected chi connectivity index (χ3v) is 2.77. The molecule has 0 aliphatic rings. The molecule has 14 heavy (non-hydrogen) atoms. The van der Waals surface area contributed by atoms with E-state index in [0.29, 0.717) is 4.20 Å². The molecule has 74 valence electrons. The largest absolute Gasteiger partial charge is 0.507 e. The number of aliphatic hydroxyl groups excluding tert-OH is 1. The van der Waals surface area contributed by atoms with Crippen LogP contribution < -0.4 is 0 Å². The first kappa shape index (κ1) is 11.3. The van der Waals surface area contributed by atoms with Crippen LogP contribution in [0.1, 0.15) is 12.5 Å². The van der Waals surface area contributed by atoms with E-state index in [2.05, 4.69) is 0 Å². The topological polar surface area (TPSA) is 20.2 Å². The minimum atomic E-state index is 0.233. The van der Waals surface area contributed by atoms with Gasteiger partial charge >= 0.3 is 0 Å². The van der Waals surface area contributed by atoms with Gasteiger partial charge in [-0.25, -0.2) is 0 Å². The Morgan fingerprint density at radius 2 is 2.07 bits per heavy atom. The quantitative estimate of drug-likeness (QED) is 0.480. The van der Waals surface area contributed by atoms with Crippen molar-refractivity contribution < 1.29 is 5.11 Å². The molecule has 0 amide bonds. The molecule has 0 bridgehead atoms. The first-order valence-electron chi connectivity index (χ1n) is 4.37. The van der Waals surface area contributed by atoms with E-state index in [4.69, 9.17) is 12.2 Å². The molecule has 1 rings (SSSR count). The molecule has 0 radical (unpaired) electrons. The lowest BCUT2D eigenvalue weighted by atomic mass is 10.2. The van der Waals surface area contributed by atoms with Crippen molar-refractivity contribution in [3.05, 3.63) is 42.0 Å². The highest BCUT2D eigenvalue weighted by atomic mass is 32.2. The number of benzene rings is 1. The lowest BCUT2D eigenvalue weighted by Crippen LogP contribution is -1.87. The molecule has 1 aromatic carbocycles. The average molecular weight is 224 g/mol. The molecule has 0 saturated heterocycles. The molecule has 3 heteroatoms. The second kappa shape index (κ2) is 5.83. The van der Waals surface area contributed by atoms with Crippen LogP contribution in [-0.2, 0) is 0 Å². The molecule has 0 saturated carbocycles. The van der Waals surface area contributed by atoms with Crippen LogP contribution >= 0.6 is 24.0 Å². The Balaban J connectivity index is 2.75. The van der Waals surface area contributed by atoms with Crippen molar-refractivity contribution in [2.24, 2.45) is 0 Å². The van der Waals surface area contributed by atoms with Crippen LogP contribution in [-0.4, -0.2) is 15.1 Å². The zero-order valence-electron chi connectivity index (χ0n) is 7.93. The Kier molecular flexibility index (Phi) is 4.70. The summed E-state index contributed by atoms with van der Waals surface area (Å²) in [7, 11) is 0. The highest BCUT2D eigenvalue weighted by Gasteiger charge is 1.99. The van der Waals surface area contributed by atoms with Crippen LogP contribution in [0.3, 0.4) is 0 Å². The Hall–Kier alpha value is -0.800. The van der Waals surface area contributed by atoms with E-state index in [-0.39, 0.29) is 5.76 Å². The molecule has 0 atom stereocenters. The standard InChI is InChI=1S/C11H12OS2/c1-2-14-11(13)8-10(12)9-6-4-3-5-7-9/h3-8,12H,2H2,1H3/b10-8-. The fourth-order valence-corrected chi connectivity index (χ4v) is 1.93. The average Bonchev–Trinajstić information content (AvgIpc) is 2.19. The summed E-state index contributed by atoms with van der Waals surface area (Å²) in [6.45, 7) is 2.03. The van der Waals surface area contributed by atoms with Crippen LogP contribution in [0.2, 0.25) is 0 Å². The number of hydrogen-bond donors (Lipinski definition) is 1. The molecular weight excluding hydrogens is 212 g/mol. The summed E-state index contributed by atoms with van der Waals surface area (Å²) in [6, 6.07) is 9.39. The van der Waals surface area contributed by atoms with Gasteiger partial charge in [-0.1, -0.05) is 49.5 Å². The summed E-state index contributed by atoms with van der Waals surface area (Å²) in [5, 5.41) is 9.68. The number of thiocarbonyl (C=S) groups is 1. The maximum atomic E-state index is 9.68. The maximum absolute atomic E-state index is 9.68. The van der Waals surface area contributed by atoms with Crippen LogP contribution in [0.25, 0.3) is 5.76 Å². The summed E-state index contributed by atoms with van der Waals surface area (Å²) >= 11 is 6.61. The van der Waals surface area contributed by atoms with Gasteiger partial charge in [0.25, 0.3) is 0 Å². The molecule has 0 heterocycles. The highest BCUT2D eigenvalue weighted by Crippen LogP contribution is 2.14. The van der Waals surface area contributed by atoms with Gasteiger partial charge in [-0.2, -0.15) is 0 Å². The Morgan fingerprint density at radius 1 is 1.43 bits per heavy atom. The predicted octanol–water partition coefficient (Wildman–Crippen LogP) is 3.67. The van der Waals surface area contributed by atoms with Crippen molar-refractivity contribution in [3.63, 3.8) is 0 Å². The van der Waals surface area contributed by atoms with Crippen LogP contribution in [0, 0.1) is 0 Å². The minimum absolute atomic E-state index is 0.233. The fourth-order valence-electron chi connectivity index (χ4n) is 0.988. The summed E-state index contributed by atoms with van der Waals surface area (Å²) in [5.41, 5.74) is 0.798. The van der Waals surface area contributed by atoms with Gasteiger partial charge in [0.15, 0.2) is 0 Å². The Morgan fingerprint density at radius 3 is 2.64 bits per heavy atom. The van der Waals surface area contributed by atoms with Crippen molar-refractivity contribution in [2.45, 2.75) is 6.92 Å². The summed E-state index contributed by atoms with van der Waals surface area (Å²) < 4.78 is 0.717. The van der Waals surface area contributed by atoms with Crippen molar-refractivity contribution in [3.8, 4) is 0 Å². The lowest BCUT2D eigenvalue weighted by molar-refractivity contribution is 0.512. The van der Waals surface area contributed by atoms with Crippen molar-refractivity contribution in [2.75, 3.05) is 5.75 Å². The number of thioether (sulfide) groups is 1. The van der Waals surface area contributed by atoms with Gasteiger partial charge in [-0.3, -0.25) is 0 Å². The summed E-state index contributed by atoms with van der Waals surface area (Å²) in [4.78, 5) is 0. The van der Waals surface area contributed by atoms with E-state index in [1.807, 2.05) is 37.3 Å². The molecule has 0 aliphatic carbocycles. The van der Waals surface area contributed by atoms with Crippen molar-refractivity contribution >= 4 is 33.9 Å². The smallest absolute Gasteiger partial charge is 0.124 e. The monoisotopic (exact) mass is 224 g/mol. The van der Waals surface area contributed by atoms with Gasteiger partial charge in [-0.05, 0) is 5.75 Å². The first-order chi connectivity index (χ1) is 6.74. The first-order valence-corrected chi connectivity index (χ1v) is 5.76. The SMILES string of the molecule is CCSC(=S)/C=C(\O)c1ccccc1. The van der Waals surface area contributed by atoms with Gasteiger partial charge in [-0.15, -0.1) is 11.8 Å². The molecular formula is C11H12OS2. The molecule has 0 aliphatic heterocycles. The second-order valence-corrected chi connectivity index (χ2v) is 4.65. The zero-order chi connectivity index (χ0) is 10.4. The molecule has 1 aromatic rings. The van der Waals surface area contributed by atoms with Gasteiger partial charge in [0.1, 0.15) is 5.76 Å². The Bertz CT molecular complexity index is 330. The minimum Gasteiger partial charge on any atom is -0.507 e. The van der Waals surface area contributed by atoms with E-state index in [1.54, 1.807) is 17.8 Å². The highest BCUT2D eigenvalue weighted by molar-refractivity contribution is 8.23. The number of hydrogen-bond acceptors (Lipinski definition) is 3. The molecule has 0 spiro atoms. The van der Waals surface area contributed by atoms with Gasteiger partial charge in [0.05, 0.1) is 4.20 Å². The molecule has 0 fully saturated rings. The number of rotatable bonds is 3. The van der Waals surface area contributed by atoms with Crippen molar-refractivity contribution in [1.29, 1.82) is 0 Å². The van der Waals surface area contributed by atoms with E-state index in [1.165, 1.54) is 0 Å². The van der Waals surface area contributed by atoms with Gasteiger partial charge in [0.2, 0.25) is 0 Å². The normalized spacial score (nSPS) is 11.4. The summed E-state index contributed by atoms with van der Waals surface area (Å²) in [5.74, 6) is 1.16. The fraction of sp³-hybridized carbons (Fsp3) is 0.182. The van der Waals surface area contributed by atoms with Crippen molar-refractivity contribution in [1.82, 2.24) is 0 Å². The lowest BCUT2D eigenvalue weighted by Gasteiger charge is -1.99. The van der Waals surface area contributed by atoms with E-state index in [9.17, 15) is 5.11 Å². The molecule has 1 nitrogen and oxygen atoms in total. The third-order valence-electron chi connectivity index (χ3n) is 1.61. The van der Waals surface area contributed by atoms with E-state index in [0.717, 1.165) is 11.3 Å². The molecule has 1 N–H and O–H groups in total. The van der Waals surface area contributed by atoms with Crippen LogP contribution in [0.5, 0.6) is 0 Å². The predicted molar refractivity (Wildman–Crippen MR) is 67.8 cm³/mol. The second-order valence-electron chi connectivity index (χ2n) is 2.65. The van der Waals surface area contributed by atoms with Gasteiger partial charge in [0, 0.05) is 11.6 Å². The van der Waals surface area contributed by atoms with E-state index < -0.39 is 0 Å². The Labute approximate surface area is 93.8 Å². The molecule has 0 aromatic heterocycles. The maximum Gasteiger partial charge on any atom is 0.124 e. The summed E-state index contributed by atoms with van der Waals surface area (Å²) in [6.07, 6.45) is 1.62. The number of aliphatic hydroxyl groups is 1. The van der Waals surface area contributed by atoms with Crippen LogP contribution in [0.4, 0.5) is 0 Å².